The van der Waals surface area contributed by atoms with Crippen molar-refractivity contribution in [2.24, 2.45) is 0 Å². The molecule has 0 rings (SSSR count). The van der Waals surface area contributed by atoms with Crippen molar-refractivity contribution in [1.29, 1.82) is 0 Å². The Hall–Kier alpha value is 4.30. The fraction of sp³-hybridized carbons (Fsp3) is 0. The van der Waals surface area contributed by atoms with E-state index in [2.05, 4.69) is 0 Å². The SMILES string of the molecule is O=[PH](O)O.O=[PH](O)O.[Na].[Na].[Na].[Na]. The van der Waals surface area contributed by atoms with E-state index in [4.69, 9.17) is 28.7 Å². The molecule has 0 amide bonds. The molecule has 0 atom stereocenters. The van der Waals surface area contributed by atoms with E-state index < -0.39 is 16.5 Å². The topological polar surface area (TPSA) is 115 Å². The molecule has 12 heteroatoms. The second-order valence-corrected chi connectivity index (χ2v) is 1.70. The third-order valence-electron chi connectivity index (χ3n) is 0. The molecule has 4 N–H and O–H groups in total. The monoisotopic (exact) mass is 256 g/mol. The third-order valence-corrected chi connectivity index (χ3v) is 0. The summed E-state index contributed by atoms with van der Waals surface area (Å²) in [6.45, 7) is 0. The van der Waals surface area contributed by atoms with Crippen LogP contribution >= 0.6 is 16.5 Å². The van der Waals surface area contributed by atoms with Crippen LogP contribution in [0.5, 0.6) is 0 Å². The van der Waals surface area contributed by atoms with Gasteiger partial charge in [0.15, 0.2) is 0 Å². The first-order valence-corrected chi connectivity index (χ1v) is 3.91. The maximum Gasteiger partial charge on any atom is 0.314 e. The summed E-state index contributed by atoms with van der Waals surface area (Å²) in [5, 5.41) is 0. The van der Waals surface area contributed by atoms with Crippen LogP contribution in [0, 0.1) is 0 Å². The molecule has 0 spiro atoms. The van der Waals surface area contributed by atoms with E-state index in [9.17, 15) is 0 Å². The minimum atomic E-state index is -3.13. The van der Waals surface area contributed by atoms with Crippen molar-refractivity contribution in [2.45, 2.75) is 0 Å². The maximum absolute atomic E-state index is 8.74. The van der Waals surface area contributed by atoms with Crippen molar-refractivity contribution < 1.29 is 28.7 Å². The van der Waals surface area contributed by atoms with Crippen LogP contribution in [-0.4, -0.2) is 138 Å². The average molecular weight is 256 g/mol. The Bertz CT molecular complexity index is 75.5. The second-order valence-electron chi connectivity index (χ2n) is 0.565. The summed E-state index contributed by atoms with van der Waals surface area (Å²) < 4.78 is 17.5. The van der Waals surface area contributed by atoms with Crippen LogP contribution in [-0.2, 0) is 9.13 Å². The fourth-order valence-electron chi connectivity index (χ4n) is 0. The van der Waals surface area contributed by atoms with Gasteiger partial charge in [0, 0.05) is 118 Å². The van der Waals surface area contributed by atoms with Crippen LogP contribution in [0.25, 0.3) is 0 Å². The van der Waals surface area contributed by atoms with E-state index in [0.717, 1.165) is 0 Å². The van der Waals surface area contributed by atoms with Gasteiger partial charge in [-0.1, -0.05) is 0 Å². The van der Waals surface area contributed by atoms with Crippen LogP contribution in [0.2, 0.25) is 0 Å². The van der Waals surface area contributed by atoms with E-state index in [1.165, 1.54) is 0 Å². The quantitative estimate of drug-likeness (QED) is 0.275. The Morgan fingerprint density at radius 3 is 0.583 bits per heavy atom. The molecule has 0 aliphatic carbocycles. The molecule has 0 fully saturated rings. The van der Waals surface area contributed by atoms with Gasteiger partial charge in [0.25, 0.3) is 0 Å². The molecule has 0 unspecified atom stereocenters. The van der Waals surface area contributed by atoms with E-state index in [-0.39, 0.29) is 118 Å². The molecule has 0 aromatic rings. The molecule has 12 heavy (non-hydrogen) atoms. The van der Waals surface area contributed by atoms with Gasteiger partial charge in [0.2, 0.25) is 0 Å². The smallest absolute Gasteiger partial charge is 0.314 e. The van der Waals surface area contributed by atoms with Crippen molar-refractivity contribution in [3.05, 3.63) is 0 Å². The van der Waals surface area contributed by atoms with Gasteiger partial charge in [-0.05, 0) is 0 Å². The Morgan fingerprint density at radius 1 is 0.583 bits per heavy atom. The molecular formula is H6Na4O6P2. The average Bonchev–Trinajstić information content (AvgIpc) is 1.25. The van der Waals surface area contributed by atoms with Crippen LogP contribution < -0.4 is 0 Å². The summed E-state index contributed by atoms with van der Waals surface area (Å²) in [7, 11) is -6.26. The predicted molar refractivity (Wildman–Crippen MR) is 49.9 cm³/mol. The van der Waals surface area contributed by atoms with Gasteiger partial charge in [-0.25, -0.2) is 0 Å². The Kier molecular flexibility index (Phi) is 88.4. The van der Waals surface area contributed by atoms with Crippen molar-refractivity contribution in [3.63, 3.8) is 0 Å². The van der Waals surface area contributed by atoms with Gasteiger partial charge in [0.05, 0.1) is 0 Å². The first-order chi connectivity index (χ1) is 3.46. The molecule has 0 bridgehead atoms. The zero-order valence-electron chi connectivity index (χ0n) is 7.61. The molecular weight excluding hydrogens is 250 g/mol. The summed E-state index contributed by atoms with van der Waals surface area (Å²) in [6.07, 6.45) is 0. The maximum atomic E-state index is 8.74. The van der Waals surface area contributed by atoms with E-state index in [1.807, 2.05) is 0 Å². The van der Waals surface area contributed by atoms with Gasteiger partial charge in [0.1, 0.15) is 0 Å². The minimum Gasteiger partial charge on any atom is -0.326 e. The van der Waals surface area contributed by atoms with Gasteiger partial charge in [-0.15, -0.1) is 0 Å². The molecule has 0 aliphatic heterocycles. The molecule has 0 heterocycles. The molecule has 4 radical (unpaired) electrons. The Labute approximate surface area is 160 Å². The van der Waals surface area contributed by atoms with Crippen LogP contribution in [0.4, 0.5) is 0 Å². The van der Waals surface area contributed by atoms with Crippen LogP contribution in [0.3, 0.4) is 0 Å². The number of hydrogen-bond acceptors (Lipinski definition) is 2. The van der Waals surface area contributed by atoms with Crippen LogP contribution in [0.1, 0.15) is 0 Å². The molecule has 0 saturated carbocycles. The first kappa shape index (κ1) is 36.0. The first-order valence-electron chi connectivity index (χ1n) is 1.30. The van der Waals surface area contributed by atoms with Crippen molar-refractivity contribution in [1.82, 2.24) is 0 Å². The molecule has 6 nitrogen and oxygen atoms in total. The van der Waals surface area contributed by atoms with E-state index in [1.54, 1.807) is 0 Å². The second kappa shape index (κ2) is 29.5. The van der Waals surface area contributed by atoms with Gasteiger partial charge >= 0.3 is 16.5 Å². The number of rotatable bonds is 0. The molecule has 0 aliphatic rings. The molecule has 56 valence electrons. The summed E-state index contributed by atoms with van der Waals surface area (Å²) in [5.41, 5.74) is 0. The van der Waals surface area contributed by atoms with Crippen molar-refractivity contribution in [3.8, 4) is 0 Å². The van der Waals surface area contributed by atoms with Crippen LogP contribution in [0.15, 0.2) is 0 Å². The summed E-state index contributed by atoms with van der Waals surface area (Å²) in [6, 6.07) is 0. The van der Waals surface area contributed by atoms with E-state index in [0.29, 0.717) is 0 Å². The Balaban J connectivity index is -0.0000000112. The van der Waals surface area contributed by atoms with Gasteiger partial charge < -0.3 is 19.6 Å². The normalized spacial score (nSPS) is 5.83. The standard InChI is InChI=1S/4Na.2H3O3P/c;;;;2*1-4(2)3/h;;;;2*4H,(H2,1,2,3). The zero-order valence-corrected chi connectivity index (χ0v) is 17.6. The molecule has 0 saturated heterocycles. The Morgan fingerprint density at radius 2 is 0.583 bits per heavy atom. The van der Waals surface area contributed by atoms with Crippen molar-refractivity contribution >= 4 is 135 Å². The fourth-order valence-corrected chi connectivity index (χ4v) is 0. The van der Waals surface area contributed by atoms with Crippen molar-refractivity contribution in [2.75, 3.05) is 0 Å². The predicted octanol–water partition coefficient (Wildman–Crippen LogP) is -2.80. The number of hydrogen-bond donors (Lipinski definition) is 4. The van der Waals surface area contributed by atoms with E-state index >= 15 is 0 Å². The third kappa shape index (κ3) is 137. The molecule has 0 aromatic heterocycles. The molecule has 0 aromatic carbocycles. The largest absolute Gasteiger partial charge is 0.326 e. The zero-order chi connectivity index (χ0) is 7.15. The summed E-state index contributed by atoms with van der Waals surface area (Å²) in [5.74, 6) is 0. The van der Waals surface area contributed by atoms with Gasteiger partial charge in [-0.2, -0.15) is 0 Å². The van der Waals surface area contributed by atoms with Gasteiger partial charge in [-0.3, -0.25) is 9.13 Å². The minimum absolute atomic E-state index is 0. The summed E-state index contributed by atoms with van der Waals surface area (Å²) in [4.78, 5) is 28.6. The summed E-state index contributed by atoms with van der Waals surface area (Å²) >= 11 is 0.